The van der Waals surface area contributed by atoms with Crippen LogP contribution in [0.25, 0.3) is 0 Å². The summed E-state index contributed by atoms with van der Waals surface area (Å²) in [4.78, 5) is 72.4. The number of aliphatic hydroxyl groups is 1. The van der Waals surface area contributed by atoms with Crippen LogP contribution >= 0.6 is 15.6 Å². The van der Waals surface area contributed by atoms with Crippen molar-refractivity contribution in [2.75, 3.05) is 39.6 Å². The number of ether oxygens (including phenoxy) is 4. The molecule has 3 N–H and O–H groups in total. The van der Waals surface area contributed by atoms with Gasteiger partial charge in [0.1, 0.15) is 19.3 Å². The van der Waals surface area contributed by atoms with Gasteiger partial charge in [-0.05, 0) is 37.5 Å². The monoisotopic (exact) mass is 1380 g/mol. The fourth-order valence-electron chi connectivity index (χ4n) is 11.5. The average Bonchev–Trinajstić information content (AvgIpc) is 1.15. The molecule has 2 unspecified atom stereocenters. The quantitative estimate of drug-likeness (QED) is 0.0222. The second-order valence-corrected chi connectivity index (χ2v) is 30.9. The molecule has 0 bridgehead atoms. The van der Waals surface area contributed by atoms with Crippen molar-refractivity contribution in [3.63, 3.8) is 0 Å². The molecule has 5 atom stereocenters. The van der Waals surface area contributed by atoms with Crippen molar-refractivity contribution in [1.82, 2.24) is 0 Å². The Labute approximate surface area is 575 Å². The molecule has 0 aromatic heterocycles. The van der Waals surface area contributed by atoms with E-state index in [1.807, 2.05) is 0 Å². The predicted octanol–water partition coefficient (Wildman–Crippen LogP) is 21.9. The Balaban J connectivity index is 5.13. The highest BCUT2D eigenvalue weighted by atomic mass is 31.2. The highest BCUT2D eigenvalue weighted by molar-refractivity contribution is 7.47. The Morgan fingerprint density at radius 2 is 0.489 bits per heavy atom. The van der Waals surface area contributed by atoms with Gasteiger partial charge in [-0.1, -0.05) is 337 Å². The molecule has 558 valence electrons. The summed E-state index contributed by atoms with van der Waals surface area (Å²) < 4.78 is 68.2. The van der Waals surface area contributed by atoms with Gasteiger partial charge < -0.3 is 33.8 Å². The van der Waals surface area contributed by atoms with Gasteiger partial charge in [0.2, 0.25) is 0 Å². The third kappa shape index (κ3) is 68.6. The molecular formula is C75H146O17P2. The minimum atomic E-state index is -4.95. The zero-order valence-electron chi connectivity index (χ0n) is 61.3. The summed E-state index contributed by atoms with van der Waals surface area (Å²) in [6, 6.07) is 0. The highest BCUT2D eigenvalue weighted by Gasteiger charge is 2.30. The van der Waals surface area contributed by atoms with E-state index in [-0.39, 0.29) is 25.7 Å². The second kappa shape index (κ2) is 66.9. The van der Waals surface area contributed by atoms with Gasteiger partial charge in [0.15, 0.2) is 12.2 Å². The summed E-state index contributed by atoms with van der Waals surface area (Å²) >= 11 is 0. The van der Waals surface area contributed by atoms with Gasteiger partial charge in [-0.2, -0.15) is 0 Å². The lowest BCUT2D eigenvalue weighted by atomic mass is 10.0. The fourth-order valence-corrected chi connectivity index (χ4v) is 13.1. The third-order valence-corrected chi connectivity index (χ3v) is 19.4. The summed E-state index contributed by atoms with van der Waals surface area (Å²) in [6.07, 6.45) is 54.7. The highest BCUT2D eigenvalue weighted by Crippen LogP contribution is 2.45. The standard InChI is InChI=1S/C75H146O17P2/c1-7-9-11-13-14-15-16-17-18-19-20-21-25-28-31-34-40-46-52-58-73(78)86-64-71(92-74(79)59-53-47-41-35-32-29-26-23-22-24-27-30-33-38-44-49-55-67(3)4)66-90-94(83,84)88-62-69(76)61-87-93(81,82)89-65-70(63-85-72(77)57-51-43-12-10-8-2)91-75(80)60-54-48-42-37-36-39-45-50-56-68(5)6/h67-71,76H,7-66H2,1-6H3,(H,81,82)(H,83,84)/t69-,70+,71+/m0/s1. The molecule has 0 fully saturated rings. The number of aliphatic hydroxyl groups excluding tert-OH is 1. The molecule has 0 aliphatic carbocycles. The van der Waals surface area contributed by atoms with E-state index in [2.05, 4.69) is 41.5 Å². The number of hydrogen-bond acceptors (Lipinski definition) is 15. The van der Waals surface area contributed by atoms with E-state index >= 15 is 0 Å². The van der Waals surface area contributed by atoms with Crippen LogP contribution in [0.4, 0.5) is 0 Å². The Kier molecular flexibility index (Phi) is 65.5. The molecule has 0 aliphatic heterocycles. The van der Waals surface area contributed by atoms with Crippen molar-refractivity contribution in [2.24, 2.45) is 11.8 Å². The van der Waals surface area contributed by atoms with Crippen LogP contribution in [0.3, 0.4) is 0 Å². The molecule has 94 heavy (non-hydrogen) atoms. The zero-order valence-corrected chi connectivity index (χ0v) is 63.1. The summed E-state index contributed by atoms with van der Waals surface area (Å²) in [5, 5.41) is 10.6. The van der Waals surface area contributed by atoms with Gasteiger partial charge in [0, 0.05) is 25.7 Å². The molecule has 0 aromatic carbocycles. The van der Waals surface area contributed by atoms with Crippen LogP contribution in [0.2, 0.25) is 0 Å². The fraction of sp³-hybridized carbons (Fsp3) is 0.947. The lowest BCUT2D eigenvalue weighted by Gasteiger charge is -2.21. The first kappa shape index (κ1) is 92.1. The second-order valence-electron chi connectivity index (χ2n) is 28.0. The SMILES string of the molecule is CCCCCCCCCCCCCCCCCCCCCC(=O)OC[C@H](COP(=O)(O)OC[C@@H](O)COP(=O)(O)OC[C@@H](COC(=O)CCCCCCC)OC(=O)CCCCCCCCCCC(C)C)OC(=O)CCCCCCCCCCCCCCCCCCC(C)C. The normalized spacial score (nSPS) is 14.0. The molecule has 0 saturated carbocycles. The molecule has 19 heteroatoms. The van der Waals surface area contributed by atoms with Crippen molar-refractivity contribution in [3.8, 4) is 0 Å². The molecule has 0 amide bonds. The molecule has 0 aromatic rings. The van der Waals surface area contributed by atoms with Crippen molar-refractivity contribution < 1.29 is 80.2 Å². The summed E-state index contributed by atoms with van der Waals surface area (Å²) in [5.41, 5.74) is 0. The molecule has 0 saturated heterocycles. The Bertz CT molecular complexity index is 1820. The number of phosphoric ester groups is 2. The number of carbonyl (C=O) groups excluding carboxylic acids is 4. The number of hydrogen-bond donors (Lipinski definition) is 3. The number of unbranched alkanes of at least 4 members (excludes halogenated alkanes) is 44. The Hall–Kier alpha value is -1.94. The van der Waals surface area contributed by atoms with Crippen molar-refractivity contribution in [3.05, 3.63) is 0 Å². The summed E-state index contributed by atoms with van der Waals surface area (Å²) in [5.74, 6) is -0.603. The smallest absolute Gasteiger partial charge is 0.462 e. The lowest BCUT2D eigenvalue weighted by Crippen LogP contribution is -2.30. The third-order valence-electron chi connectivity index (χ3n) is 17.5. The van der Waals surface area contributed by atoms with Crippen LogP contribution in [0, 0.1) is 11.8 Å². The molecule has 0 heterocycles. The maximum atomic E-state index is 13.1. The molecule has 0 spiro atoms. The van der Waals surface area contributed by atoms with Crippen molar-refractivity contribution in [2.45, 2.75) is 407 Å². The maximum absolute atomic E-state index is 13.1. The van der Waals surface area contributed by atoms with E-state index in [0.29, 0.717) is 25.7 Å². The zero-order chi connectivity index (χ0) is 69.3. The minimum absolute atomic E-state index is 0.104. The molecule has 0 aliphatic rings. The summed E-state index contributed by atoms with van der Waals surface area (Å²) in [6.45, 7) is 9.48. The van der Waals surface area contributed by atoms with E-state index in [1.54, 1.807) is 0 Å². The number of rotatable bonds is 74. The summed E-state index contributed by atoms with van der Waals surface area (Å²) in [7, 11) is -9.90. The molecule has 17 nitrogen and oxygen atoms in total. The first-order valence-electron chi connectivity index (χ1n) is 39.0. The van der Waals surface area contributed by atoms with Crippen molar-refractivity contribution in [1.29, 1.82) is 0 Å². The first-order valence-corrected chi connectivity index (χ1v) is 42.0. The largest absolute Gasteiger partial charge is 0.472 e. The van der Waals surface area contributed by atoms with E-state index < -0.39 is 97.5 Å². The minimum Gasteiger partial charge on any atom is -0.462 e. The van der Waals surface area contributed by atoms with Crippen LogP contribution in [0.1, 0.15) is 388 Å². The van der Waals surface area contributed by atoms with E-state index in [1.165, 1.54) is 199 Å². The van der Waals surface area contributed by atoms with Gasteiger partial charge in [-0.3, -0.25) is 37.3 Å². The topological polar surface area (TPSA) is 237 Å². The van der Waals surface area contributed by atoms with Crippen LogP contribution < -0.4 is 0 Å². The Morgan fingerprint density at radius 1 is 0.287 bits per heavy atom. The lowest BCUT2D eigenvalue weighted by molar-refractivity contribution is -0.161. The molecule has 0 rings (SSSR count). The van der Waals surface area contributed by atoms with Crippen LogP contribution in [0.15, 0.2) is 0 Å². The van der Waals surface area contributed by atoms with Crippen molar-refractivity contribution >= 4 is 39.5 Å². The van der Waals surface area contributed by atoms with Gasteiger partial charge in [-0.15, -0.1) is 0 Å². The molecular weight excluding hydrogens is 1230 g/mol. The first-order chi connectivity index (χ1) is 45.4. The van der Waals surface area contributed by atoms with Gasteiger partial charge in [0.25, 0.3) is 0 Å². The van der Waals surface area contributed by atoms with Gasteiger partial charge in [0.05, 0.1) is 26.4 Å². The molecule has 0 radical (unpaired) electrons. The maximum Gasteiger partial charge on any atom is 0.472 e. The average molecular weight is 1380 g/mol. The number of phosphoric acid groups is 2. The van der Waals surface area contributed by atoms with Crippen LogP contribution in [-0.2, 0) is 65.4 Å². The van der Waals surface area contributed by atoms with E-state index in [9.17, 15) is 43.2 Å². The van der Waals surface area contributed by atoms with Gasteiger partial charge in [-0.25, -0.2) is 9.13 Å². The predicted molar refractivity (Wildman–Crippen MR) is 381 cm³/mol. The van der Waals surface area contributed by atoms with Crippen LogP contribution in [-0.4, -0.2) is 96.7 Å². The number of esters is 4. The van der Waals surface area contributed by atoms with Crippen LogP contribution in [0.5, 0.6) is 0 Å². The van der Waals surface area contributed by atoms with E-state index in [0.717, 1.165) is 108 Å². The van der Waals surface area contributed by atoms with E-state index in [4.69, 9.17) is 37.0 Å². The Morgan fingerprint density at radius 3 is 0.723 bits per heavy atom. The number of carbonyl (C=O) groups is 4. The van der Waals surface area contributed by atoms with Gasteiger partial charge >= 0.3 is 39.5 Å².